The van der Waals surface area contributed by atoms with Gasteiger partial charge in [-0.3, -0.25) is 4.79 Å². The molecular weight excluding hydrogens is 399 g/mol. The highest BCUT2D eigenvalue weighted by atomic mass is 19.1. The SMILES string of the molecule is CN1CCC2=C(C1)CN(c1c(F)cc3c(=O)c(C(=O)O)cn(C4CC4F)c3c1F)C2. The minimum atomic E-state index is -1.52. The largest absolute Gasteiger partial charge is 0.477 e. The summed E-state index contributed by atoms with van der Waals surface area (Å²) >= 11 is 0. The molecular formula is C21H20F3N3O3. The van der Waals surface area contributed by atoms with E-state index in [-0.39, 0.29) is 23.0 Å². The first kappa shape index (κ1) is 19.2. The summed E-state index contributed by atoms with van der Waals surface area (Å²) in [5.41, 5.74) is 0.188. The average molecular weight is 419 g/mol. The number of nitrogens with zero attached hydrogens (tertiary/aromatic N) is 3. The molecule has 1 aliphatic carbocycles. The topological polar surface area (TPSA) is 65.8 Å². The van der Waals surface area contributed by atoms with Crippen molar-refractivity contribution in [3.63, 3.8) is 0 Å². The third-order valence-electron chi connectivity index (χ3n) is 6.29. The number of fused-ring (bicyclic) bond motifs is 1. The van der Waals surface area contributed by atoms with Gasteiger partial charge in [0.1, 0.15) is 23.2 Å². The third-order valence-corrected chi connectivity index (χ3v) is 6.29. The molecule has 6 nitrogen and oxygen atoms in total. The van der Waals surface area contributed by atoms with Crippen LogP contribution in [0.1, 0.15) is 29.2 Å². The molecule has 0 bridgehead atoms. The molecule has 158 valence electrons. The summed E-state index contributed by atoms with van der Waals surface area (Å²) in [7, 11) is 1.99. The maximum atomic E-state index is 15.7. The van der Waals surface area contributed by atoms with Gasteiger partial charge in [0.25, 0.3) is 0 Å². The Kier molecular flexibility index (Phi) is 4.22. The molecule has 0 radical (unpaired) electrons. The number of anilines is 1. The van der Waals surface area contributed by atoms with Gasteiger partial charge in [-0.2, -0.15) is 0 Å². The lowest BCUT2D eigenvalue weighted by atomic mass is 10.0. The second-order valence-electron chi connectivity index (χ2n) is 8.37. The Morgan fingerprint density at radius 3 is 2.57 bits per heavy atom. The van der Waals surface area contributed by atoms with Gasteiger partial charge in [0.15, 0.2) is 5.82 Å². The molecule has 5 rings (SSSR count). The van der Waals surface area contributed by atoms with E-state index in [1.807, 2.05) is 7.05 Å². The number of aromatic nitrogens is 1. The van der Waals surface area contributed by atoms with Crippen molar-refractivity contribution in [1.82, 2.24) is 9.47 Å². The molecule has 0 saturated heterocycles. The normalized spacial score (nSPS) is 23.9. The molecule has 2 atom stereocenters. The fraction of sp³-hybridized carbons (Fsp3) is 0.429. The Hall–Kier alpha value is -2.81. The first-order chi connectivity index (χ1) is 14.3. The second-order valence-corrected chi connectivity index (χ2v) is 8.37. The van der Waals surface area contributed by atoms with Crippen molar-refractivity contribution in [2.45, 2.75) is 25.1 Å². The van der Waals surface area contributed by atoms with Crippen LogP contribution in [-0.2, 0) is 0 Å². The molecule has 1 saturated carbocycles. The van der Waals surface area contributed by atoms with E-state index in [9.17, 15) is 19.1 Å². The lowest BCUT2D eigenvalue weighted by molar-refractivity contribution is 0.0694. The van der Waals surface area contributed by atoms with Crippen LogP contribution in [-0.4, -0.2) is 59.9 Å². The van der Waals surface area contributed by atoms with Crippen molar-refractivity contribution in [2.24, 2.45) is 0 Å². The summed E-state index contributed by atoms with van der Waals surface area (Å²) in [6.45, 7) is 2.40. The first-order valence-electron chi connectivity index (χ1n) is 9.83. The van der Waals surface area contributed by atoms with Crippen molar-refractivity contribution in [3.05, 3.63) is 50.8 Å². The predicted molar refractivity (Wildman–Crippen MR) is 105 cm³/mol. The summed E-state index contributed by atoms with van der Waals surface area (Å²) in [5, 5.41) is 8.93. The number of rotatable bonds is 3. The Morgan fingerprint density at radius 1 is 1.20 bits per heavy atom. The van der Waals surface area contributed by atoms with Gasteiger partial charge in [0.05, 0.1) is 16.9 Å². The number of benzene rings is 1. The highest BCUT2D eigenvalue weighted by molar-refractivity contribution is 5.94. The summed E-state index contributed by atoms with van der Waals surface area (Å²) in [4.78, 5) is 27.8. The van der Waals surface area contributed by atoms with Crippen LogP contribution in [0.2, 0.25) is 0 Å². The predicted octanol–water partition coefficient (Wildman–Crippen LogP) is 2.71. The lowest BCUT2D eigenvalue weighted by Gasteiger charge is -2.23. The molecule has 30 heavy (non-hydrogen) atoms. The number of hydrogen-bond acceptors (Lipinski definition) is 4. The van der Waals surface area contributed by atoms with E-state index < -0.39 is 40.8 Å². The zero-order chi connectivity index (χ0) is 21.3. The highest BCUT2D eigenvalue weighted by Crippen LogP contribution is 2.43. The summed E-state index contributed by atoms with van der Waals surface area (Å²) in [6.07, 6.45) is 0.637. The van der Waals surface area contributed by atoms with E-state index in [1.54, 1.807) is 4.90 Å². The Balaban J connectivity index is 1.68. The molecule has 2 unspecified atom stereocenters. The Morgan fingerprint density at radius 2 is 1.90 bits per heavy atom. The average Bonchev–Trinajstić information content (AvgIpc) is 3.26. The van der Waals surface area contributed by atoms with Gasteiger partial charge in [-0.1, -0.05) is 0 Å². The van der Waals surface area contributed by atoms with Crippen LogP contribution in [0.4, 0.5) is 18.9 Å². The monoisotopic (exact) mass is 419 g/mol. The summed E-state index contributed by atoms with van der Waals surface area (Å²) in [6, 6.07) is 0.121. The van der Waals surface area contributed by atoms with E-state index in [0.717, 1.165) is 47.5 Å². The number of pyridine rings is 1. The maximum Gasteiger partial charge on any atom is 0.341 e. The molecule has 1 N–H and O–H groups in total. The fourth-order valence-corrected chi connectivity index (χ4v) is 4.62. The number of aromatic carboxylic acids is 1. The smallest absolute Gasteiger partial charge is 0.341 e. The maximum absolute atomic E-state index is 15.7. The van der Waals surface area contributed by atoms with Gasteiger partial charge in [-0.05, 0) is 30.7 Å². The van der Waals surface area contributed by atoms with Crippen LogP contribution in [0, 0.1) is 11.6 Å². The molecule has 2 aromatic rings. The van der Waals surface area contributed by atoms with Crippen LogP contribution in [0.5, 0.6) is 0 Å². The van der Waals surface area contributed by atoms with Crippen LogP contribution < -0.4 is 10.3 Å². The highest BCUT2D eigenvalue weighted by Gasteiger charge is 2.41. The number of carboxylic acid groups (broad SMARTS) is 1. The van der Waals surface area contributed by atoms with Gasteiger partial charge in [0, 0.05) is 38.8 Å². The van der Waals surface area contributed by atoms with E-state index in [1.165, 1.54) is 0 Å². The van der Waals surface area contributed by atoms with Crippen molar-refractivity contribution in [3.8, 4) is 0 Å². The van der Waals surface area contributed by atoms with Crippen LogP contribution in [0.15, 0.2) is 28.2 Å². The second kappa shape index (κ2) is 6.60. The standard InChI is InChI=1S/C21H20F3N3O3/c1-25-3-2-10-7-26(8-11(10)6-25)19-15(23)4-12-18(17(19)24)27(16-5-14(16)22)9-13(20(12)28)21(29)30/h4,9,14,16H,2-3,5-8H2,1H3,(H,29,30). The number of halogens is 3. The lowest BCUT2D eigenvalue weighted by Crippen LogP contribution is -2.28. The molecule has 9 heteroatoms. The molecule has 0 spiro atoms. The van der Waals surface area contributed by atoms with E-state index in [0.29, 0.717) is 13.1 Å². The van der Waals surface area contributed by atoms with Crippen LogP contribution >= 0.6 is 0 Å². The minimum absolute atomic E-state index is 0.0923. The fourth-order valence-electron chi connectivity index (χ4n) is 4.62. The number of hydrogen-bond donors (Lipinski definition) is 1. The Labute approximate surface area is 169 Å². The van der Waals surface area contributed by atoms with Gasteiger partial charge < -0.3 is 19.5 Å². The van der Waals surface area contributed by atoms with Crippen LogP contribution in [0.25, 0.3) is 10.9 Å². The zero-order valence-electron chi connectivity index (χ0n) is 16.3. The molecule has 1 aromatic carbocycles. The molecule has 2 aliphatic heterocycles. The van der Waals surface area contributed by atoms with E-state index >= 15 is 8.78 Å². The molecule has 1 fully saturated rings. The molecule has 1 aromatic heterocycles. The van der Waals surface area contributed by atoms with Gasteiger partial charge in [0.2, 0.25) is 5.43 Å². The molecule has 0 amide bonds. The Bertz CT molecular complexity index is 1190. The molecule has 3 heterocycles. The summed E-state index contributed by atoms with van der Waals surface area (Å²) in [5.74, 6) is -3.39. The van der Waals surface area contributed by atoms with Gasteiger partial charge in [-0.15, -0.1) is 0 Å². The first-order valence-corrected chi connectivity index (χ1v) is 9.83. The summed E-state index contributed by atoms with van der Waals surface area (Å²) < 4.78 is 45.7. The van der Waals surface area contributed by atoms with Crippen molar-refractivity contribution >= 4 is 22.6 Å². The number of carbonyl (C=O) groups is 1. The van der Waals surface area contributed by atoms with Crippen molar-refractivity contribution in [1.29, 1.82) is 0 Å². The van der Waals surface area contributed by atoms with Crippen molar-refractivity contribution < 1.29 is 23.1 Å². The van der Waals surface area contributed by atoms with E-state index in [2.05, 4.69) is 4.90 Å². The quantitative estimate of drug-likeness (QED) is 0.775. The number of carboxylic acids is 1. The van der Waals surface area contributed by atoms with Gasteiger partial charge in [-0.25, -0.2) is 18.0 Å². The molecule has 3 aliphatic rings. The number of likely N-dealkylation sites (N-methyl/N-ethyl adjacent to an activating group) is 1. The van der Waals surface area contributed by atoms with Crippen molar-refractivity contribution in [2.75, 3.05) is 38.1 Å². The van der Waals surface area contributed by atoms with Gasteiger partial charge >= 0.3 is 5.97 Å². The zero-order valence-corrected chi connectivity index (χ0v) is 16.3. The van der Waals surface area contributed by atoms with Crippen LogP contribution in [0.3, 0.4) is 0 Å². The minimum Gasteiger partial charge on any atom is -0.477 e. The number of alkyl halides is 1. The van der Waals surface area contributed by atoms with E-state index in [4.69, 9.17) is 0 Å². The third kappa shape index (κ3) is 2.83.